The molecule has 0 saturated heterocycles. The topological polar surface area (TPSA) is 58.9 Å². The molecule has 0 amide bonds. The maximum Gasteiger partial charge on any atom is 0.253 e. The summed E-state index contributed by atoms with van der Waals surface area (Å²) in [6, 6.07) is 5.72. The number of benzene rings is 1. The first-order chi connectivity index (χ1) is 6.61. The van der Waals surface area contributed by atoms with E-state index in [9.17, 15) is 4.79 Å². The normalized spacial score (nSPS) is 10.7. The lowest BCUT2D eigenvalue weighted by atomic mass is 10.1. The first kappa shape index (κ1) is 9.51. The van der Waals surface area contributed by atoms with Crippen LogP contribution in [0.15, 0.2) is 23.0 Å². The molecule has 3 nitrogen and oxygen atoms in total. The van der Waals surface area contributed by atoms with Crippen molar-refractivity contribution in [3.8, 4) is 0 Å². The number of nitrogen functional groups attached to an aromatic ring is 1. The lowest BCUT2D eigenvalue weighted by Crippen LogP contribution is -2.12. The van der Waals surface area contributed by atoms with Crippen LogP contribution >= 0.6 is 22.6 Å². The molecule has 0 aliphatic rings. The Morgan fingerprint density at radius 1 is 1.43 bits per heavy atom. The number of aromatic nitrogens is 1. The second kappa shape index (κ2) is 3.27. The number of hydrogen-bond acceptors (Lipinski definition) is 2. The lowest BCUT2D eigenvalue weighted by Gasteiger charge is -2.06. The third-order valence-electron chi connectivity index (χ3n) is 2.28. The van der Waals surface area contributed by atoms with Gasteiger partial charge in [-0.25, -0.2) is 0 Å². The molecule has 0 aliphatic heterocycles. The van der Waals surface area contributed by atoms with E-state index in [1.165, 1.54) is 0 Å². The average molecular weight is 300 g/mol. The van der Waals surface area contributed by atoms with Crippen LogP contribution in [0.1, 0.15) is 5.56 Å². The highest BCUT2D eigenvalue weighted by molar-refractivity contribution is 14.1. The molecule has 0 bridgehead atoms. The van der Waals surface area contributed by atoms with Gasteiger partial charge in [0.05, 0.1) is 11.2 Å². The van der Waals surface area contributed by atoms with Crippen LogP contribution in [0.25, 0.3) is 10.9 Å². The van der Waals surface area contributed by atoms with Crippen molar-refractivity contribution in [1.82, 2.24) is 4.98 Å². The van der Waals surface area contributed by atoms with Crippen molar-refractivity contribution in [1.29, 1.82) is 0 Å². The van der Waals surface area contributed by atoms with Crippen molar-refractivity contribution in [2.24, 2.45) is 0 Å². The summed E-state index contributed by atoms with van der Waals surface area (Å²) in [6.07, 6.45) is 0. The Morgan fingerprint density at radius 2 is 2.14 bits per heavy atom. The van der Waals surface area contributed by atoms with Crippen LogP contribution in [0.5, 0.6) is 0 Å². The van der Waals surface area contributed by atoms with Gasteiger partial charge in [0.15, 0.2) is 0 Å². The molecule has 0 spiro atoms. The van der Waals surface area contributed by atoms with Gasteiger partial charge in [0.1, 0.15) is 0 Å². The average Bonchev–Trinajstić information content (AvgIpc) is 2.14. The number of hydrogen-bond donors (Lipinski definition) is 2. The summed E-state index contributed by atoms with van der Waals surface area (Å²) in [6.45, 7) is 1.73. The lowest BCUT2D eigenvalue weighted by molar-refractivity contribution is 1.24. The number of H-pyrrole nitrogens is 1. The molecule has 0 aliphatic carbocycles. The Bertz CT molecular complexity index is 560. The minimum Gasteiger partial charge on any atom is -0.398 e. The van der Waals surface area contributed by atoms with Crippen molar-refractivity contribution >= 4 is 39.2 Å². The van der Waals surface area contributed by atoms with Gasteiger partial charge in [0.25, 0.3) is 5.56 Å². The number of fused-ring (bicyclic) bond motifs is 1. The van der Waals surface area contributed by atoms with Crippen molar-refractivity contribution in [3.63, 3.8) is 0 Å². The maximum atomic E-state index is 11.4. The molecule has 1 heterocycles. The van der Waals surface area contributed by atoms with E-state index in [1.807, 2.05) is 18.2 Å². The van der Waals surface area contributed by atoms with Crippen LogP contribution in [0, 0.1) is 10.5 Å². The second-order valence-electron chi connectivity index (χ2n) is 3.16. The summed E-state index contributed by atoms with van der Waals surface area (Å²) >= 11 is 2.21. The molecule has 72 valence electrons. The molecule has 14 heavy (non-hydrogen) atoms. The van der Waals surface area contributed by atoms with Crippen LogP contribution in [0.2, 0.25) is 0 Å². The van der Waals surface area contributed by atoms with Crippen molar-refractivity contribution in [2.45, 2.75) is 6.92 Å². The molecule has 1 aromatic heterocycles. The van der Waals surface area contributed by atoms with E-state index in [2.05, 4.69) is 27.6 Å². The van der Waals surface area contributed by atoms with Gasteiger partial charge in [0.2, 0.25) is 0 Å². The number of nitrogens with two attached hydrogens (primary N) is 1. The van der Waals surface area contributed by atoms with Crippen molar-refractivity contribution < 1.29 is 0 Å². The van der Waals surface area contributed by atoms with Gasteiger partial charge in [-0.05, 0) is 41.6 Å². The maximum absolute atomic E-state index is 11.4. The monoisotopic (exact) mass is 300 g/mol. The largest absolute Gasteiger partial charge is 0.398 e. The number of pyridine rings is 1. The highest BCUT2D eigenvalue weighted by atomic mass is 127. The van der Waals surface area contributed by atoms with Crippen LogP contribution in [-0.4, -0.2) is 4.98 Å². The minimum atomic E-state index is -0.114. The van der Waals surface area contributed by atoms with Gasteiger partial charge in [0, 0.05) is 14.5 Å². The second-order valence-corrected chi connectivity index (χ2v) is 4.32. The van der Waals surface area contributed by atoms with Gasteiger partial charge in [-0.1, -0.05) is 6.07 Å². The van der Waals surface area contributed by atoms with Crippen LogP contribution in [0.4, 0.5) is 5.69 Å². The first-order valence-corrected chi connectivity index (χ1v) is 5.25. The molecule has 0 fully saturated rings. The van der Waals surface area contributed by atoms with E-state index in [1.54, 1.807) is 6.92 Å². The minimum absolute atomic E-state index is 0.114. The number of halogens is 1. The van der Waals surface area contributed by atoms with Gasteiger partial charge < -0.3 is 10.7 Å². The summed E-state index contributed by atoms with van der Waals surface area (Å²) < 4.78 is 1.05. The fraction of sp³-hybridized carbons (Fsp3) is 0.100. The van der Waals surface area contributed by atoms with E-state index in [0.29, 0.717) is 11.3 Å². The standard InChI is InChI=1S/C10H9IN2O/c1-5-9(12)8-6(11)3-2-4-7(8)13-10(5)14/h2-4H,1H3,(H3,12,13,14). The van der Waals surface area contributed by atoms with E-state index in [0.717, 1.165) is 14.5 Å². The zero-order valence-corrected chi connectivity index (χ0v) is 9.75. The third kappa shape index (κ3) is 1.30. The zero-order valence-electron chi connectivity index (χ0n) is 7.60. The fourth-order valence-electron chi connectivity index (χ4n) is 1.43. The summed E-state index contributed by atoms with van der Waals surface area (Å²) in [5, 5.41) is 0.935. The molecule has 2 rings (SSSR count). The highest BCUT2D eigenvalue weighted by Crippen LogP contribution is 2.25. The Balaban J connectivity index is 3.07. The summed E-state index contributed by atoms with van der Waals surface area (Å²) in [7, 11) is 0. The number of anilines is 1. The van der Waals surface area contributed by atoms with Gasteiger partial charge in [-0.15, -0.1) is 0 Å². The number of nitrogens with one attached hydrogen (secondary N) is 1. The van der Waals surface area contributed by atoms with E-state index in [-0.39, 0.29) is 5.56 Å². The van der Waals surface area contributed by atoms with Gasteiger partial charge >= 0.3 is 0 Å². The van der Waals surface area contributed by atoms with Crippen molar-refractivity contribution in [2.75, 3.05) is 5.73 Å². The molecule has 4 heteroatoms. The highest BCUT2D eigenvalue weighted by Gasteiger charge is 2.07. The molecule has 0 unspecified atom stereocenters. The first-order valence-electron chi connectivity index (χ1n) is 4.18. The van der Waals surface area contributed by atoms with Crippen molar-refractivity contribution in [3.05, 3.63) is 37.7 Å². The van der Waals surface area contributed by atoms with Crippen LogP contribution in [-0.2, 0) is 0 Å². The fourth-order valence-corrected chi connectivity index (χ4v) is 2.22. The SMILES string of the molecule is Cc1c(N)c2c(I)cccc2[nH]c1=O. The summed E-state index contributed by atoms with van der Waals surface area (Å²) in [4.78, 5) is 14.2. The van der Waals surface area contributed by atoms with E-state index < -0.39 is 0 Å². The van der Waals surface area contributed by atoms with E-state index in [4.69, 9.17) is 5.73 Å². The Hall–Kier alpha value is -1.04. The molecular weight excluding hydrogens is 291 g/mol. The molecule has 1 aromatic carbocycles. The van der Waals surface area contributed by atoms with E-state index >= 15 is 0 Å². The smallest absolute Gasteiger partial charge is 0.253 e. The molecule has 0 radical (unpaired) electrons. The molecule has 0 saturated carbocycles. The Kier molecular flexibility index (Phi) is 2.22. The summed E-state index contributed by atoms with van der Waals surface area (Å²) in [5.74, 6) is 0. The van der Waals surface area contributed by atoms with Crippen LogP contribution in [0.3, 0.4) is 0 Å². The zero-order chi connectivity index (χ0) is 10.3. The third-order valence-corrected chi connectivity index (χ3v) is 3.17. The molecule has 0 atom stereocenters. The Morgan fingerprint density at radius 3 is 2.86 bits per heavy atom. The molecular formula is C10H9IN2O. The molecule has 3 N–H and O–H groups in total. The predicted octanol–water partition coefficient (Wildman–Crippen LogP) is 2.02. The van der Waals surface area contributed by atoms with Crippen LogP contribution < -0.4 is 11.3 Å². The van der Waals surface area contributed by atoms with Gasteiger partial charge in [-0.3, -0.25) is 4.79 Å². The number of aromatic amines is 1. The molecule has 2 aromatic rings. The Labute approximate surface area is 94.5 Å². The quantitative estimate of drug-likeness (QED) is 0.731. The summed E-state index contributed by atoms with van der Waals surface area (Å²) in [5.41, 5.74) is 7.74. The number of rotatable bonds is 0. The predicted molar refractivity (Wildman–Crippen MR) is 66.4 cm³/mol. The van der Waals surface area contributed by atoms with Gasteiger partial charge in [-0.2, -0.15) is 0 Å².